The van der Waals surface area contributed by atoms with Gasteiger partial charge in [-0.05, 0) is 36.8 Å². The maximum Gasteiger partial charge on any atom is 0.390 e. The molecule has 0 fully saturated rings. The highest BCUT2D eigenvalue weighted by Crippen LogP contribution is 2.47. The third kappa shape index (κ3) is 4.12. The van der Waals surface area contributed by atoms with Crippen LogP contribution < -0.4 is 5.73 Å². The molecule has 2 aromatic rings. The molecule has 1 aromatic heterocycles. The molecule has 0 saturated heterocycles. The van der Waals surface area contributed by atoms with Crippen LogP contribution in [0, 0.1) is 11.3 Å². The van der Waals surface area contributed by atoms with Gasteiger partial charge in [0.05, 0.1) is 24.5 Å². The van der Waals surface area contributed by atoms with Crippen molar-refractivity contribution in [1.82, 2.24) is 9.97 Å². The number of hydrogen-bond donors (Lipinski definition) is 1. The van der Waals surface area contributed by atoms with Crippen LogP contribution in [0.5, 0.6) is 0 Å². The number of Topliss-reactive ketones (excluding diaryl/α,β-unsaturated/α-hetero) is 1. The van der Waals surface area contributed by atoms with Crippen molar-refractivity contribution in [2.24, 2.45) is 11.3 Å². The van der Waals surface area contributed by atoms with Gasteiger partial charge in [0.15, 0.2) is 5.78 Å². The number of carbonyl (C=O) groups is 1. The van der Waals surface area contributed by atoms with Crippen molar-refractivity contribution in [3.63, 3.8) is 0 Å². The van der Waals surface area contributed by atoms with Gasteiger partial charge in [0.25, 0.3) is 0 Å². The summed E-state index contributed by atoms with van der Waals surface area (Å²) in [5.41, 5.74) is 6.69. The molecule has 3 rings (SSSR count). The Bertz CT molecular complexity index is 847. The molecule has 1 atom stereocenters. The average Bonchev–Trinajstić information content (AvgIpc) is 2.57. The summed E-state index contributed by atoms with van der Waals surface area (Å²) in [6.07, 6.45) is -1.60. The number of nitrogens with zero attached hydrogens (tertiary/aromatic N) is 2. The quantitative estimate of drug-likeness (QED) is 0.828. The highest BCUT2D eigenvalue weighted by molar-refractivity contribution is 6.03. The highest BCUT2D eigenvalue weighted by atomic mass is 19.4. The van der Waals surface area contributed by atoms with E-state index in [0.717, 1.165) is 11.1 Å². The predicted molar refractivity (Wildman–Crippen MR) is 97.1 cm³/mol. The molecule has 0 radical (unpaired) electrons. The monoisotopic (exact) mass is 377 g/mol. The van der Waals surface area contributed by atoms with E-state index in [1.165, 1.54) is 12.4 Å². The van der Waals surface area contributed by atoms with Gasteiger partial charge in [-0.3, -0.25) is 9.78 Å². The molecule has 0 saturated carbocycles. The Kier molecular flexibility index (Phi) is 4.97. The normalized spacial score (nSPS) is 20.0. The van der Waals surface area contributed by atoms with Crippen molar-refractivity contribution in [1.29, 1.82) is 0 Å². The number of nitrogens with two attached hydrogens (primary N) is 1. The zero-order valence-electron chi connectivity index (χ0n) is 15.3. The van der Waals surface area contributed by atoms with Crippen LogP contribution in [0.1, 0.15) is 49.0 Å². The summed E-state index contributed by atoms with van der Waals surface area (Å²) in [5, 5.41) is 0. The number of aryl methyl sites for hydroxylation is 1. The zero-order valence-corrected chi connectivity index (χ0v) is 15.3. The fourth-order valence-electron chi connectivity index (χ4n) is 4.04. The molecule has 4 nitrogen and oxygen atoms in total. The summed E-state index contributed by atoms with van der Waals surface area (Å²) in [5.74, 6) is -0.0932. The lowest BCUT2D eigenvalue weighted by atomic mass is 9.64. The van der Waals surface area contributed by atoms with Crippen LogP contribution in [0.25, 0.3) is 11.3 Å². The SMILES string of the molecule is CC(C)CC1(CC(F)(F)F)CCc2cc(-c3cnc(N)cn3)ccc2C1=O. The first-order valence-electron chi connectivity index (χ1n) is 8.92. The first kappa shape index (κ1) is 19.3. The number of benzene rings is 1. The number of carbonyl (C=O) groups excluding carboxylic acids is 1. The zero-order chi connectivity index (χ0) is 19.8. The standard InChI is InChI=1S/C20H22F3N3O/c1-12(2)8-19(11-20(21,22)23)6-5-13-7-14(3-4-15(13)18(19)27)16-9-26-17(24)10-25-16/h3-4,7,9-10,12H,5-6,8,11H2,1-2H3,(H2,24,26). The minimum atomic E-state index is -4.37. The van der Waals surface area contributed by atoms with E-state index < -0.39 is 23.8 Å². The van der Waals surface area contributed by atoms with Crippen LogP contribution in [0.15, 0.2) is 30.6 Å². The molecule has 7 heteroatoms. The first-order chi connectivity index (χ1) is 12.6. The largest absolute Gasteiger partial charge is 0.390 e. The van der Waals surface area contributed by atoms with E-state index in [-0.39, 0.29) is 18.8 Å². The van der Waals surface area contributed by atoms with Crippen LogP contribution in [0.4, 0.5) is 19.0 Å². The average molecular weight is 377 g/mol. The van der Waals surface area contributed by atoms with Crippen molar-refractivity contribution in [2.45, 2.75) is 45.7 Å². The summed E-state index contributed by atoms with van der Waals surface area (Å²) < 4.78 is 39.7. The maximum atomic E-state index is 13.2. The number of rotatable bonds is 4. The molecule has 0 bridgehead atoms. The van der Waals surface area contributed by atoms with Crippen molar-refractivity contribution < 1.29 is 18.0 Å². The molecular weight excluding hydrogens is 355 g/mol. The van der Waals surface area contributed by atoms with Crippen molar-refractivity contribution in [3.05, 3.63) is 41.7 Å². The number of fused-ring (bicyclic) bond motifs is 1. The summed E-state index contributed by atoms with van der Waals surface area (Å²) >= 11 is 0. The van der Waals surface area contributed by atoms with Gasteiger partial charge in [-0.1, -0.05) is 26.0 Å². The second kappa shape index (κ2) is 6.94. The van der Waals surface area contributed by atoms with Gasteiger partial charge in [-0.15, -0.1) is 0 Å². The van der Waals surface area contributed by atoms with Crippen molar-refractivity contribution >= 4 is 11.6 Å². The third-order valence-corrected chi connectivity index (χ3v) is 5.01. The Hall–Kier alpha value is -2.44. The topological polar surface area (TPSA) is 68.9 Å². The molecule has 1 heterocycles. The number of halogens is 3. The number of hydrogen-bond acceptors (Lipinski definition) is 4. The van der Waals surface area contributed by atoms with Crippen LogP contribution in [-0.4, -0.2) is 21.9 Å². The van der Waals surface area contributed by atoms with Crippen LogP contribution in [-0.2, 0) is 6.42 Å². The van der Waals surface area contributed by atoms with Gasteiger partial charge >= 0.3 is 6.18 Å². The maximum absolute atomic E-state index is 13.2. The Morgan fingerprint density at radius 1 is 1.22 bits per heavy atom. The van der Waals surface area contributed by atoms with Gasteiger partial charge in [0.2, 0.25) is 0 Å². The third-order valence-electron chi connectivity index (χ3n) is 5.01. The smallest absolute Gasteiger partial charge is 0.382 e. The van der Waals surface area contributed by atoms with Gasteiger partial charge in [0.1, 0.15) is 5.82 Å². The Morgan fingerprint density at radius 2 is 1.96 bits per heavy atom. The summed E-state index contributed by atoms with van der Waals surface area (Å²) in [6, 6.07) is 5.14. The molecule has 27 heavy (non-hydrogen) atoms. The summed E-state index contributed by atoms with van der Waals surface area (Å²) in [4.78, 5) is 21.3. The molecule has 0 amide bonds. The number of ketones is 1. The summed E-state index contributed by atoms with van der Waals surface area (Å²) in [7, 11) is 0. The minimum Gasteiger partial charge on any atom is -0.382 e. The molecule has 1 aliphatic rings. The van der Waals surface area contributed by atoms with E-state index in [1.807, 2.05) is 19.9 Å². The lowest BCUT2D eigenvalue weighted by Crippen LogP contribution is -2.41. The minimum absolute atomic E-state index is 0.00201. The Labute approximate surface area is 156 Å². The molecule has 0 aliphatic heterocycles. The van der Waals surface area contributed by atoms with E-state index in [4.69, 9.17) is 5.73 Å². The molecular formula is C20H22F3N3O. The molecule has 0 spiro atoms. The lowest BCUT2D eigenvalue weighted by Gasteiger charge is -2.38. The second-order valence-electron chi connectivity index (χ2n) is 7.70. The summed E-state index contributed by atoms with van der Waals surface area (Å²) in [6.45, 7) is 3.70. The lowest BCUT2D eigenvalue weighted by molar-refractivity contribution is -0.155. The van der Waals surface area contributed by atoms with Crippen LogP contribution in [0.2, 0.25) is 0 Å². The number of aromatic nitrogens is 2. The van der Waals surface area contributed by atoms with E-state index >= 15 is 0 Å². The van der Waals surface area contributed by atoms with Crippen LogP contribution in [0.3, 0.4) is 0 Å². The van der Waals surface area contributed by atoms with E-state index in [9.17, 15) is 18.0 Å². The van der Waals surface area contributed by atoms with Crippen LogP contribution >= 0.6 is 0 Å². The fraction of sp³-hybridized carbons (Fsp3) is 0.450. The fourth-order valence-corrected chi connectivity index (χ4v) is 4.04. The molecule has 144 valence electrons. The van der Waals surface area contributed by atoms with E-state index in [2.05, 4.69) is 9.97 Å². The molecule has 2 N–H and O–H groups in total. The number of nitrogen functional groups attached to an aromatic ring is 1. The van der Waals surface area contributed by atoms with E-state index in [1.54, 1.807) is 12.1 Å². The van der Waals surface area contributed by atoms with Gasteiger partial charge in [-0.25, -0.2) is 4.98 Å². The first-order valence-corrected chi connectivity index (χ1v) is 8.92. The van der Waals surface area contributed by atoms with E-state index in [0.29, 0.717) is 23.5 Å². The number of alkyl halides is 3. The highest BCUT2D eigenvalue weighted by Gasteiger charge is 2.49. The second-order valence-corrected chi connectivity index (χ2v) is 7.70. The molecule has 1 aliphatic carbocycles. The number of anilines is 1. The van der Waals surface area contributed by atoms with Crippen molar-refractivity contribution in [2.75, 3.05) is 5.73 Å². The van der Waals surface area contributed by atoms with Gasteiger partial charge in [0, 0.05) is 16.5 Å². The van der Waals surface area contributed by atoms with Crippen molar-refractivity contribution in [3.8, 4) is 11.3 Å². The Morgan fingerprint density at radius 3 is 2.56 bits per heavy atom. The predicted octanol–water partition coefficient (Wildman–Crippen LogP) is 4.84. The molecule has 1 aromatic carbocycles. The van der Waals surface area contributed by atoms with Gasteiger partial charge < -0.3 is 5.73 Å². The Balaban J connectivity index is 1.97. The van der Waals surface area contributed by atoms with Gasteiger partial charge in [-0.2, -0.15) is 13.2 Å². The molecule has 1 unspecified atom stereocenters.